The second-order valence-corrected chi connectivity index (χ2v) is 8.64. The highest BCUT2D eigenvalue weighted by molar-refractivity contribution is 5.70. The molecule has 0 aromatic carbocycles. The molecule has 0 saturated heterocycles. The normalized spacial score (nSPS) is 12.8. The van der Waals surface area contributed by atoms with Crippen LogP contribution in [0.1, 0.15) is 122 Å². The van der Waals surface area contributed by atoms with Crippen molar-refractivity contribution >= 4 is 17.9 Å². The zero-order chi connectivity index (χ0) is 24.0. The lowest BCUT2D eigenvalue weighted by Gasteiger charge is -2.23. The molecule has 0 radical (unpaired) electrons. The van der Waals surface area contributed by atoms with Crippen LogP contribution >= 0.6 is 0 Å². The van der Waals surface area contributed by atoms with Gasteiger partial charge >= 0.3 is 17.9 Å². The molecule has 0 aromatic heterocycles. The summed E-state index contributed by atoms with van der Waals surface area (Å²) in [7, 11) is 1.40. The number of hydrogen-bond donors (Lipinski definition) is 2. The maximum absolute atomic E-state index is 12.2. The Morgan fingerprint density at radius 1 is 0.688 bits per heavy atom. The van der Waals surface area contributed by atoms with Gasteiger partial charge in [-0.1, -0.05) is 64.7 Å². The maximum Gasteiger partial charge on any atom is 0.306 e. The average Bonchev–Trinajstić information content (AvgIpc) is 2.77. The van der Waals surface area contributed by atoms with E-state index >= 15 is 0 Å². The van der Waals surface area contributed by atoms with E-state index in [-0.39, 0.29) is 24.8 Å². The van der Waals surface area contributed by atoms with Crippen LogP contribution in [-0.4, -0.2) is 47.4 Å². The van der Waals surface area contributed by atoms with Crippen LogP contribution < -0.4 is 0 Å². The zero-order valence-corrected chi connectivity index (χ0v) is 20.3. The quantitative estimate of drug-likeness (QED) is 0.161. The van der Waals surface area contributed by atoms with E-state index < -0.39 is 18.2 Å². The predicted molar refractivity (Wildman–Crippen MR) is 124 cm³/mol. The molecule has 0 bridgehead atoms. The smallest absolute Gasteiger partial charge is 0.306 e. The second-order valence-electron chi connectivity index (χ2n) is 8.64. The summed E-state index contributed by atoms with van der Waals surface area (Å²) in [6, 6.07) is 0. The summed E-state index contributed by atoms with van der Waals surface area (Å²) in [5, 5.41) is 19.3. The first kappa shape index (κ1) is 30.4. The summed E-state index contributed by atoms with van der Waals surface area (Å²) in [4.78, 5) is 33.9. The van der Waals surface area contributed by atoms with Crippen molar-refractivity contribution in [3.63, 3.8) is 0 Å². The molecule has 0 heterocycles. The van der Waals surface area contributed by atoms with Crippen molar-refractivity contribution < 1.29 is 34.1 Å². The Morgan fingerprint density at radius 3 is 1.81 bits per heavy atom. The van der Waals surface area contributed by atoms with Crippen molar-refractivity contribution in [2.45, 2.75) is 135 Å². The molecule has 0 aliphatic rings. The lowest BCUT2D eigenvalue weighted by Crippen LogP contribution is -2.31. The van der Waals surface area contributed by atoms with Crippen LogP contribution in [0.15, 0.2) is 0 Å². The minimum atomic E-state index is -0.864. The molecule has 0 aromatic rings. The van der Waals surface area contributed by atoms with Crippen LogP contribution in [0.5, 0.6) is 0 Å². The van der Waals surface area contributed by atoms with E-state index in [1.807, 2.05) is 0 Å². The fourth-order valence-corrected chi connectivity index (χ4v) is 3.67. The van der Waals surface area contributed by atoms with Crippen molar-refractivity contribution in [1.29, 1.82) is 0 Å². The van der Waals surface area contributed by atoms with Crippen molar-refractivity contribution in [2.24, 2.45) is 0 Å². The number of aliphatic hydroxyl groups excluding tert-OH is 1. The van der Waals surface area contributed by atoms with Crippen molar-refractivity contribution in [1.82, 2.24) is 0 Å². The number of carbonyl (C=O) groups is 3. The molecule has 0 fully saturated rings. The van der Waals surface area contributed by atoms with Gasteiger partial charge in [0.2, 0.25) is 0 Å². The molecular weight excluding hydrogens is 412 g/mol. The number of methoxy groups -OCH3 is 1. The SMILES string of the molecule is CCCCCCCCC(O)C(CCCCCCCC(=O)OC)OC(=O)CCCCC(=O)O. The number of aliphatic hydroxyl groups is 1. The van der Waals surface area contributed by atoms with E-state index in [1.54, 1.807) is 0 Å². The van der Waals surface area contributed by atoms with E-state index in [4.69, 9.17) is 9.84 Å². The fourth-order valence-electron chi connectivity index (χ4n) is 3.67. The fraction of sp³-hybridized carbons (Fsp3) is 0.880. The first-order chi connectivity index (χ1) is 15.4. The Morgan fingerprint density at radius 2 is 1.19 bits per heavy atom. The molecule has 7 heteroatoms. The molecule has 2 atom stereocenters. The Kier molecular flexibility index (Phi) is 20.1. The number of hydrogen-bond acceptors (Lipinski definition) is 6. The van der Waals surface area contributed by atoms with Crippen LogP contribution in [0.3, 0.4) is 0 Å². The van der Waals surface area contributed by atoms with Gasteiger partial charge in [0.1, 0.15) is 6.10 Å². The van der Waals surface area contributed by atoms with Crippen LogP contribution in [0.4, 0.5) is 0 Å². The average molecular weight is 459 g/mol. The number of esters is 2. The number of carboxylic acids is 1. The van der Waals surface area contributed by atoms with Gasteiger partial charge in [0.25, 0.3) is 0 Å². The van der Waals surface area contributed by atoms with Crippen LogP contribution in [0, 0.1) is 0 Å². The van der Waals surface area contributed by atoms with Gasteiger partial charge in [-0.15, -0.1) is 0 Å². The van der Waals surface area contributed by atoms with E-state index in [2.05, 4.69) is 11.7 Å². The molecule has 0 spiro atoms. The van der Waals surface area contributed by atoms with E-state index in [9.17, 15) is 19.5 Å². The van der Waals surface area contributed by atoms with Crippen LogP contribution in [-0.2, 0) is 23.9 Å². The molecule has 0 rings (SSSR count). The Balaban J connectivity index is 4.31. The maximum atomic E-state index is 12.2. The Labute approximate surface area is 194 Å². The lowest BCUT2D eigenvalue weighted by atomic mass is 9.99. The van der Waals surface area contributed by atoms with Gasteiger partial charge in [-0.3, -0.25) is 14.4 Å². The van der Waals surface area contributed by atoms with Gasteiger partial charge in [-0.05, 0) is 38.5 Å². The predicted octanol–water partition coefficient (Wildman–Crippen LogP) is 5.56. The number of rotatable bonds is 22. The minimum absolute atomic E-state index is 0.0490. The Bertz CT molecular complexity index is 493. The van der Waals surface area contributed by atoms with E-state index in [1.165, 1.54) is 32.8 Å². The van der Waals surface area contributed by atoms with Crippen molar-refractivity contribution in [3.8, 4) is 0 Å². The number of ether oxygens (including phenoxy) is 2. The minimum Gasteiger partial charge on any atom is -0.481 e. The van der Waals surface area contributed by atoms with Gasteiger partial charge in [0, 0.05) is 19.3 Å². The van der Waals surface area contributed by atoms with Gasteiger partial charge in [-0.2, -0.15) is 0 Å². The molecule has 2 unspecified atom stereocenters. The van der Waals surface area contributed by atoms with Gasteiger partial charge in [-0.25, -0.2) is 0 Å². The summed E-state index contributed by atoms with van der Waals surface area (Å²) in [5.41, 5.74) is 0. The third-order valence-electron chi connectivity index (χ3n) is 5.68. The highest BCUT2D eigenvalue weighted by atomic mass is 16.6. The lowest BCUT2D eigenvalue weighted by molar-refractivity contribution is -0.156. The number of carbonyl (C=O) groups excluding carboxylic acids is 2. The highest BCUT2D eigenvalue weighted by Gasteiger charge is 2.22. The zero-order valence-electron chi connectivity index (χ0n) is 20.3. The van der Waals surface area contributed by atoms with Gasteiger partial charge in [0.05, 0.1) is 13.2 Å². The third kappa shape index (κ3) is 19.1. The van der Waals surface area contributed by atoms with E-state index in [0.29, 0.717) is 32.1 Å². The largest absolute Gasteiger partial charge is 0.481 e. The summed E-state index contributed by atoms with van der Waals surface area (Å²) >= 11 is 0. The summed E-state index contributed by atoms with van der Waals surface area (Å²) < 4.78 is 10.2. The number of unbranched alkanes of at least 4 members (excludes halogenated alkanes) is 10. The topological polar surface area (TPSA) is 110 Å². The molecule has 7 nitrogen and oxygen atoms in total. The number of carboxylic acid groups (broad SMARTS) is 1. The molecule has 0 aliphatic heterocycles. The Hall–Kier alpha value is -1.63. The van der Waals surface area contributed by atoms with Crippen LogP contribution in [0.25, 0.3) is 0 Å². The summed E-state index contributed by atoms with van der Waals surface area (Å²) in [6.07, 6.45) is 13.0. The summed E-state index contributed by atoms with van der Waals surface area (Å²) in [5.74, 6) is -1.41. The standard InChI is InChI=1S/C25H46O7/c1-3-4-5-6-8-11-16-21(26)22(32-25(30)20-15-14-18-23(27)28)17-12-9-7-10-13-19-24(29)31-2/h21-22,26H,3-20H2,1-2H3,(H,27,28). The summed E-state index contributed by atoms with van der Waals surface area (Å²) in [6.45, 7) is 2.18. The van der Waals surface area contributed by atoms with Gasteiger partial charge in [0.15, 0.2) is 0 Å². The van der Waals surface area contributed by atoms with Crippen molar-refractivity contribution in [3.05, 3.63) is 0 Å². The molecule has 188 valence electrons. The molecule has 32 heavy (non-hydrogen) atoms. The monoisotopic (exact) mass is 458 g/mol. The van der Waals surface area contributed by atoms with Crippen LogP contribution in [0.2, 0.25) is 0 Å². The first-order valence-corrected chi connectivity index (χ1v) is 12.6. The first-order valence-electron chi connectivity index (χ1n) is 12.6. The van der Waals surface area contributed by atoms with Crippen molar-refractivity contribution in [2.75, 3.05) is 7.11 Å². The van der Waals surface area contributed by atoms with Gasteiger partial charge < -0.3 is 19.7 Å². The molecule has 0 saturated carbocycles. The molecule has 0 amide bonds. The number of aliphatic carboxylic acids is 1. The molecule has 0 aliphatic carbocycles. The second kappa shape index (κ2) is 21.2. The molecule has 2 N–H and O–H groups in total. The van der Waals surface area contributed by atoms with E-state index in [0.717, 1.165) is 44.9 Å². The third-order valence-corrected chi connectivity index (χ3v) is 5.68. The highest BCUT2D eigenvalue weighted by Crippen LogP contribution is 2.19. The molecular formula is C25H46O7.